The second-order valence-electron chi connectivity index (χ2n) is 5.00. The van der Waals surface area contributed by atoms with E-state index in [1.807, 2.05) is 4.68 Å². The molecule has 0 aliphatic carbocycles. The summed E-state index contributed by atoms with van der Waals surface area (Å²) in [6, 6.07) is 0. The lowest BCUT2D eigenvalue weighted by Gasteiger charge is -2.11. The van der Waals surface area contributed by atoms with Crippen LogP contribution in [0.3, 0.4) is 0 Å². The summed E-state index contributed by atoms with van der Waals surface area (Å²) < 4.78 is 12.5. The first kappa shape index (κ1) is 15.0. The molecule has 0 saturated carbocycles. The minimum Gasteiger partial charge on any atom is -0.461 e. The Morgan fingerprint density at radius 3 is 3.00 bits per heavy atom. The molecule has 1 aliphatic heterocycles. The van der Waals surface area contributed by atoms with E-state index in [1.54, 1.807) is 6.92 Å². The first-order chi connectivity index (χ1) is 9.76. The molecule has 2 heterocycles. The number of esters is 1. The number of hydrogen-bond acceptors (Lipinski definition) is 5. The quantitative estimate of drug-likeness (QED) is 0.715. The molecule has 1 fully saturated rings. The molecule has 0 radical (unpaired) electrons. The fraction of sp³-hybridized carbons (Fsp3) is 0.786. The van der Waals surface area contributed by atoms with Gasteiger partial charge in [-0.1, -0.05) is 18.6 Å². The van der Waals surface area contributed by atoms with E-state index in [4.69, 9.17) is 9.47 Å². The Bertz CT molecular complexity index is 439. The van der Waals surface area contributed by atoms with Crippen molar-refractivity contribution in [2.75, 3.05) is 13.2 Å². The largest absolute Gasteiger partial charge is 0.461 e. The van der Waals surface area contributed by atoms with Gasteiger partial charge >= 0.3 is 5.97 Å². The molecule has 20 heavy (non-hydrogen) atoms. The van der Waals surface area contributed by atoms with Gasteiger partial charge in [-0.25, -0.2) is 9.48 Å². The number of ether oxygens (including phenoxy) is 2. The van der Waals surface area contributed by atoms with Crippen molar-refractivity contribution in [1.29, 1.82) is 0 Å². The zero-order valence-corrected chi connectivity index (χ0v) is 12.3. The van der Waals surface area contributed by atoms with Crippen molar-refractivity contribution in [3.8, 4) is 0 Å². The number of aromatic nitrogens is 3. The Morgan fingerprint density at radius 1 is 1.50 bits per heavy atom. The summed E-state index contributed by atoms with van der Waals surface area (Å²) in [6.45, 7) is 5.82. The molecule has 0 N–H and O–H groups in total. The van der Waals surface area contributed by atoms with Crippen LogP contribution in [0.1, 0.15) is 55.7 Å². The van der Waals surface area contributed by atoms with Crippen molar-refractivity contribution in [2.24, 2.45) is 0 Å². The highest BCUT2D eigenvalue weighted by Crippen LogP contribution is 2.17. The number of rotatable bonds is 7. The van der Waals surface area contributed by atoms with E-state index in [9.17, 15) is 4.79 Å². The number of carbonyl (C=O) groups is 1. The van der Waals surface area contributed by atoms with E-state index in [-0.39, 0.29) is 5.97 Å². The first-order valence-corrected chi connectivity index (χ1v) is 7.47. The summed E-state index contributed by atoms with van der Waals surface area (Å²) in [5.41, 5.74) is 1.24. The molecule has 1 saturated heterocycles. The van der Waals surface area contributed by atoms with E-state index in [1.165, 1.54) is 0 Å². The van der Waals surface area contributed by atoms with Crippen LogP contribution in [0.15, 0.2) is 0 Å². The van der Waals surface area contributed by atoms with Crippen LogP contribution in [0.2, 0.25) is 0 Å². The molecular weight excluding hydrogens is 258 g/mol. The second kappa shape index (κ2) is 7.38. The van der Waals surface area contributed by atoms with Crippen LogP contribution in [0.4, 0.5) is 0 Å². The molecule has 1 atom stereocenters. The maximum absolute atomic E-state index is 11.9. The predicted molar refractivity (Wildman–Crippen MR) is 73.6 cm³/mol. The number of carbonyl (C=O) groups excluding carboxylic acids is 1. The van der Waals surface area contributed by atoms with Gasteiger partial charge in [0, 0.05) is 13.2 Å². The summed E-state index contributed by atoms with van der Waals surface area (Å²) in [5.74, 6) is -0.376. The number of aryl methyl sites for hydroxylation is 1. The Kier molecular flexibility index (Phi) is 5.52. The van der Waals surface area contributed by atoms with Gasteiger partial charge in [0.2, 0.25) is 0 Å². The van der Waals surface area contributed by atoms with E-state index in [0.717, 1.165) is 50.9 Å². The minimum atomic E-state index is -0.376. The maximum Gasteiger partial charge on any atom is 0.360 e. The van der Waals surface area contributed by atoms with Crippen LogP contribution in [0.25, 0.3) is 0 Å². The molecule has 0 spiro atoms. The number of hydrogen-bond donors (Lipinski definition) is 0. The van der Waals surface area contributed by atoms with Gasteiger partial charge in [0.05, 0.1) is 18.4 Å². The molecule has 6 nitrogen and oxygen atoms in total. The van der Waals surface area contributed by atoms with Crippen molar-refractivity contribution >= 4 is 5.97 Å². The normalized spacial score (nSPS) is 18.4. The van der Waals surface area contributed by atoms with Crippen molar-refractivity contribution < 1.29 is 14.3 Å². The molecule has 0 amide bonds. The highest BCUT2D eigenvalue weighted by Gasteiger charge is 2.21. The lowest BCUT2D eigenvalue weighted by atomic mass is 10.1. The Morgan fingerprint density at radius 2 is 2.35 bits per heavy atom. The maximum atomic E-state index is 11.9. The van der Waals surface area contributed by atoms with Crippen LogP contribution in [0, 0.1) is 0 Å². The third-order valence-corrected chi connectivity index (χ3v) is 3.48. The lowest BCUT2D eigenvalue weighted by Crippen LogP contribution is -2.14. The van der Waals surface area contributed by atoms with E-state index < -0.39 is 0 Å². The molecule has 6 heteroatoms. The predicted octanol–water partition coefficient (Wildman–Crippen LogP) is 1.98. The molecule has 0 bridgehead atoms. The average molecular weight is 281 g/mol. The summed E-state index contributed by atoms with van der Waals surface area (Å²) in [7, 11) is 0. The highest BCUT2D eigenvalue weighted by atomic mass is 16.5. The van der Waals surface area contributed by atoms with Gasteiger partial charge in [-0.3, -0.25) is 0 Å². The third kappa shape index (κ3) is 3.56. The Labute approximate surface area is 119 Å². The molecule has 0 aromatic carbocycles. The molecule has 112 valence electrons. The minimum absolute atomic E-state index is 0.319. The van der Waals surface area contributed by atoms with E-state index in [0.29, 0.717) is 18.4 Å². The van der Waals surface area contributed by atoms with Gasteiger partial charge in [0.15, 0.2) is 5.69 Å². The fourth-order valence-corrected chi connectivity index (χ4v) is 2.49. The molecular formula is C14H23N3O3. The summed E-state index contributed by atoms with van der Waals surface area (Å²) in [5, 5.41) is 8.11. The second-order valence-corrected chi connectivity index (χ2v) is 5.00. The zero-order chi connectivity index (χ0) is 14.4. The zero-order valence-electron chi connectivity index (χ0n) is 12.3. The summed E-state index contributed by atoms with van der Waals surface area (Å²) in [4.78, 5) is 11.9. The first-order valence-electron chi connectivity index (χ1n) is 7.47. The Balaban J connectivity index is 2.04. The molecule has 1 aromatic heterocycles. The van der Waals surface area contributed by atoms with Crippen molar-refractivity contribution in [2.45, 2.75) is 58.6 Å². The van der Waals surface area contributed by atoms with Gasteiger partial charge in [-0.05, 0) is 32.6 Å². The monoisotopic (exact) mass is 281 g/mol. The van der Waals surface area contributed by atoms with Gasteiger partial charge < -0.3 is 9.47 Å². The molecule has 1 aliphatic rings. The average Bonchev–Trinajstić information content (AvgIpc) is 3.06. The van der Waals surface area contributed by atoms with E-state index in [2.05, 4.69) is 17.2 Å². The van der Waals surface area contributed by atoms with Crippen LogP contribution in [-0.2, 0) is 22.4 Å². The number of nitrogens with zero attached hydrogens (tertiary/aromatic N) is 3. The van der Waals surface area contributed by atoms with Gasteiger partial charge in [-0.2, -0.15) is 0 Å². The highest BCUT2D eigenvalue weighted by molar-refractivity contribution is 5.88. The van der Waals surface area contributed by atoms with Crippen molar-refractivity contribution in [1.82, 2.24) is 15.0 Å². The van der Waals surface area contributed by atoms with Gasteiger partial charge in [0.1, 0.15) is 0 Å². The lowest BCUT2D eigenvalue weighted by molar-refractivity contribution is 0.0518. The van der Waals surface area contributed by atoms with E-state index >= 15 is 0 Å². The van der Waals surface area contributed by atoms with Gasteiger partial charge in [-0.15, -0.1) is 5.10 Å². The van der Waals surface area contributed by atoms with Crippen LogP contribution in [0.5, 0.6) is 0 Å². The molecule has 2 rings (SSSR count). The SMILES string of the molecule is CCCc1c(C(=O)OCC)nnn1CCC1CCCO1. The summed E-state index contributed by atoms with van der Waals surface area (Å²) >= 11 is 0. The van der Waals surface area contributed by atoms with Crippen LogP contribution < -0.4 is 0 Å². The third-order valence-electron chi connectivity index (χ3n) is 3.48. The fourth-order valence-electron chi connectivity index (χ4n) is 2.49. The molecule has 1 aromatic rings. The topological polar surface area (TPSA) is 66.2 Å². The van der Waals surface area contributed by atoms with Crippen LogP contribution >= 0.6 is 0 Å². The van der Waals surface area contributed by atoms with Crippen LogP contribution in [-0.4, -0.2) is 40.3 Å². The standard InChI is InChI=1S/C14H23N3O3/c1-3-6-12-13(14(18)19-4-2)15-16-17(12)9-8-11-7-5-10-20-11/h11H,3-10H2,1-2H3. The van der Waals surface area contributed by atoms with Gasteiger partial charge in [0.25, 0.3) is 0 Å². The van der Waals surface area contributed by atoms with Crippen molar-refractivity contribution in [3.05, 3.63) is 11.4 Å². The van der Waals surface area contributed by atoms with Crippen molar-refractivity contribution in [3.63, 3.8) is 0 Å². The Hall–Kier alpha value is -1.43. The smallest absolute Gasteiger partial charge is 0.360 e. The summed E-state index contributed by atoms with van der Waals surface area (Å²) in [6.07, 6.45) is 5.22. The molecule has 1 unspecified atom stereocenters.